The molecule has 1 rings (SSSR count). The highest BCUT2D eigenvalue weighted by atomic mass is 16.5. The summed E-state index contributed by atoms with van der Waals surface area (Å²) in [5, 5.41) is 2.96. The lowest BCUT2D eigenvalue weighted by atomic mass is 9.88. The van der Waals surface area contributed by atoms with Crippen LogP contribution < -0.4 is 15.8 Å². The minimum absolute atomic E-state index is 0.198. The first-order chi connectivity index (χ1) is 8.44. The fraction of sp³-hybridized carbons (Fsp3) is 0.538. The number of amides is 1. The van der Waals surface area contributed by atoms with Crippen LogP contribution in [-0.2, 0) is 0 Å². The van der Waals surface area contributed by atoms with Crippen LogP contribution in [0.1, 0.15) is 31.1 Å². The number of nitrogens with zero attached hydrogens (tertiary/aromatic N) is 1. The minimum Gasteiger partial charge on any atom is -0.494 e. The summed E-state index contributed by atoms with van der Waals surface area (Å²) in [5.41, 5.74) is 5.77. The van der Waals surface area contributed by atoms with Gasteiger partial charge in [-0.1, -0.05) is 13.8 Å². The zero-order valence-electron chi connectivity index (χ0n) is 11.4. The van der Waals surface area contributed by atoms with Gasteiger partial charge >= 0.3 is 0 Å². The lowest BCUT2D eigenvalue weighted by molar-refractivity contribution is 0.0880. The summed E-state index contributed by atoms with van der Waals surface area (Å²) in [6, 6.07) is 1.63. The molecule has 5 nitrogen and oxygen atoms in total. The Kier molecular flexibility index (Phi) is 4.67. The molecule has 0 bridgehead atoms. The largest absolute Gasteiger partial charge is 0.494 e. The Morgan fingerprint density at radius 1 is 1.61 bits per heavy atom. The van der Waals surface area contributed by atoms with Crippen LogP contribution in [0.25, 0.3) is 0 Å². The van der Waals surface area contributed by atoms with Crippen molar-refractivity contribution in [2.45, 2.75) is 26.3 Å². The van der Waals surface area contributed by atoms with Crippen LogP contribution in [0.5, 0.6) is 5.75 Å². The molecule has 0 saturated heterocycles. The second kappa shape index (κ2) is 5.82. The first kappa shape index (κ1) is 14.4. The van der Waals surface area contributed by atoms with Gasteiger partial charge in [0.05, 0.1) is 24.4 Å². The molecule has 5 heteroatoms. The summed E-state index contributed by atoms with van der Waals surface area (Å²) in [6.07, 6.45) is 3.08. The molecule has 1 amide bonds. The number of hydrogen-bond donors (Lipinski definition) is 2. The van der Waals surface area contributed by atoms with E-state index >= 15 is 0 Å². The van der Waals surface area contributed by atoms with Crippen LogP contribution >= 0.6 is 0 Å². The van der Waals surface area contributed by atoms with Crippen molar-refractivity contribution in [3.8, 4) is 5.75 Å². The highest BCUT2D eigenvalue weighted by Crippen LogP contribution is 2.19. The molecule has 0 fully saturated rings. The van der Waals surface area contributed by atoms with Gasteiger partial charge in [0, 0.05) is 12.7 Å². The standard InChI is InChI=1S/C13H21N3O2/c1-9(2)13(3,8-14)16-12(17)10-5-6-15-7-11(10)18-4/h5-7,9H,8,14H2,1-4H3,(H,16,17). The summed E-state index contributed by atoms with van der Waals surface area (Å²) in [5.74, 6) is 0.494. The summed E-state index contributed by atoms with van der Waals surface area (Å²) in [4.78, 5) is 16.1. The Morgan fingerprint density at radius 3 is 2.78 bits per heavy atom. The maximum Gasteiger partial charge on any atom is 0.255 e. The van der Waals surface area contributed by atoms with Crippen LogP contribution in [0.2, 0.25) is 0 Å². The van der Waals surface area contributed by atoms with E-state index in [2.05, 4.69) is 10.3 Å². The van der Waals surface area contributed by atoms with E-state index in [4.69, 9.17) is 10.5 Å². The van der Waals surface area contributed by atoms with Gasteiger partial charge in [0.1, 0.15) is 5.75 Å². The maximum absolute atomic E-state index is 12.2. The monoisotopic (exact) mass is 251 g/mol. The molecule has 1 aromatic heterocycles. The molecule has 0 radical (unpaired) electrons. The topological polar surface area (TPSA) is 77.2 Å². The van der Waals surface area contributed by atoms with Crippen LogP contribution in [0.3, 0.4) is 0 Å². The Bertz CT molecular complexity index is 420. The molecule has 0 aromatic carbocycles. The lowest BCUT2D eigenvalue weighted by Gasteiger charge is -2.33. The van der Waals surface area contributed by atoms with Gasteiger partial charge in [0.25, 0.3) is 5.91 Å². The molecule has 0 aliphatic heterocycles. The molecule has 1 aromatic rings. The molecular weight excluding hydrogens is 230 g/mol. The predicted octanol–water partition coefficient (Wildman–Crippen LogP) is 1.19. The van der Waals surface area contributed by atoms with Gasteiger partial charge in [-0.05, 0) is 18.9 Å². The van der Waals surface area contributed by atoms with E-state index in [0.29, 0.717) is 17.9 Å². The number of ether oxygens (including phenoxy) is 1. The predicted molar refractivity (Wildman–Crippen MR) is 70.6 cm³/mol. The van der Waals surface area contributed by atoms with E-state index in [-0.39, 0.29) is 11.8 Å². The first-order valence-corrected chi connectivity index (χ1v) is 5.95. The number of carbonyl (C=O) groups is 1. The van der Waals surface area contributed by atoms with Crippen LogP contribution in [-0.4, -0.2) is 30.1 Å². The van der Waals surface area contributed by atoms with Gasteiger partial charge in [-0.2, -0.15) is 0 Å². The van der Waals surface area contributed by atoms with E-state index in [1.54, 1.807) is 12.3 Å². The number of rotatable bonds is 5. The average Bonchev–Trinajstić information content (AvgIpc) is 2.38. The van der Waals surface area contributed by atoms with E-state index < -0.39 is 5.54 Å². The molecule has 0 aliphatic carbocycles. The normalized spacial score (nSPS) is 14.1. The van der Waals surface area contributed by atoms with Crippen LogP contribution in [0, 0.1) is 5.92 Å². The molecule has 18 heavy (non-hydrogen) atoms. The Balaban J connectivity index is 2.95. The zero-order valence-corrected chi connectivity index (χ0v) is 11.4. The van der Waals surface area contributed by atoms with Crippen molar-refractivity contribution in [2.24, 2.45) is 11.7 Å². The maximum atomic E-state index is 12.2. The molecule has 1 unspecified atom stereocenters. The van der Waals surface area contributed by atoms with E-state index in [1.807, 2.05) is 20.8 Å². The second-order valence-electron chi connectivity index (χ2n) is 4.81. The number of methoxy groups -OCH3 is 1. The van der Waals surface area contributed by atoms with Gasteiger partial charge in [-0.15, -0.1) is 0 Å². The highest BCUT2D eigenvalue weighted by Gasteiger charge is 2.29. The van der Waals surface area contributed by atoms with Crippen LogP contribution in [0.15, 0.2) is 18.5 Å². The van der Waals surface area contributed by atoms with Gasteiger partial charge in [-0.3, -0.25) is 9.78 Å². The average molecular weight is 251 g/mol. The van der Waals surface area contributed by atoms with E-state index in [1.165, 1.54) is 13.3 Å². The van der Waals surface area contributed by atoms with E-state index in [9.17, 15) is 4.79 Å². The number of aromatic nitrogens is 1. The summed E-state index contributed by atoms with van der Waals surface area (Å²) < 4.78 is 5.12. The Labute approximate surface area is 108 Å². The molecule has 1 atom stereocenters. The van der Waals surface area contributed by atoms with E-state index in [0.717, 1.165) is 0 Å². The first-order valence-electron chi connectivity index (χ1n) is 5.95. The van der Waals surface area contributed by atoms with Crippen molar-refractivity contribution in [3.63, 3.8) is 0 Å². The third-order valence-electron chi connectivity index (χ3n) is 3.35. The fourth-order valence-corrected chi connectivity index (χ4v) is 1.49. The molecule has 100 valence electrons. The molecule has 0 aliphatic rings. The molecule has 0 saturated carbocycles. The highest BCUT2D eigenvalue weighted by molar-refractivity contribution is 5.97. The van der Waals surface area contributed by atoms with Crippen LogP contribution in [0.4, 0.5) is 0 Å². The summed E-state index contributed by atoms with van der Waals surface area (Å²) in [7, 11) is 1.51. The quantitative estimate of drug-likeness (QED) is 0.824. The minimum atomic E-state index is -0.439. The zero-order chi connectivity index (χ0) is 13.8. The number of nitrogens with one attached hydrogen (secondary N) is 1. The SMILES string of the molecule is COc1cnccc1C(=O)NC(C)(CN)C(C)C. The van der Waals surface area contributed by atoms with Crippen molar-refractivity contribution in [2.75, 3.05) is 13.7 Å². The number of carbonyl (C=O) groups excluding carboxylic acids is 1. The summed E-state index contributed by atoms with van der Waals surface area (Å²) >= 11 is 0. The smallest absolute Gasteiger partial charge is 0.255 e. The molecule has 1 heterocycles. The number of nitrogens with two attached hydrogens (primary N) is 1. The Morgan fingerprint density at radius 2 is 2.28 bits per heavy atom. The number of pyridine rings is 1. The second-order valence-corrected chi connectivity index (χ2v) is 4.81. The third kappa shape index (κ3) is 2.98. The third-order valence-corrected chi connectivity index (χ3v) is 3.35. The molecule has 3 N–H and O–H groups in total. The van der Waals surface area contributed by atoms with Gasteiger partial charge in [0.2, 0.25) is 0 Å². The lowest BCUT2D eigenvalue weighted by Crippen LogP contribution is -2.55. The van der Waals surface area contributed by atoms with Crippen molar-refractivity contribution >= 4 is 5.91 Å². The van der Waals surface area contributed by atoms with Gasteiger partial charge < -0.3 is 15.8 Å². The number of hydrogen-bond acceptors (Lipinski definition) is 4. The van der Waals surface area contributed by atoms with Crippen molar-refractivity contribution < 1.29 is 9.53 Å². The molecule has 0 spiro atoms. The van der Waals surface area contributed by atoms with Gasteiger partial charge in [-0.25, -0.2) is 0 Å². The van der Waals surface area contributed by atoms with Crippen molar-refractivity contribution in [3.05, 3.63) is 24.0 Å². The fourth-order valence-electron chi connectivity index (χ4n) is 1.49. The molecular formula is C13H21N3O2. The van der Waals surface area contributed by atoms with Gasteiger partial charge in [0.15, 0.2) is 0 Å². The van der Waals surface area contributed by atoms with Crippen molar-refractivity contribution in [1.29, 1.82) is 0 Å². The summed E-state index contributed by atoms with van der Waals surface area (Å²) in [6.45, 7) is 6.36. The Hall–Kier alpha value is -1.62. The van der Waals surface area contributed by atoms with Crippen molar-refractivity contribution in [1.82, 2.24) is 10.3 Å².